The highest BCUT2D eigenvalue weighted by atomic mass is 16.6. The number of urea groups is 1. The van der Waals surface area contributed by atoms with Gasteiger partial charge in [-0.1, -0.05) is 30.3 Å². The molecule has 0 unspecified atom stereocenters. The SMILES string of the molecule is CC(C)(C)OC(=O)c1cc(NC(=O)NCCc2ccccc2)cc(C(=O)OC(C)(C)C)c1. The van der Waals surface area contributed by atoms with Crippen LogP contribution in [0.1, 0.15) is 67.8 Å². The van der Waals surface area contributed by atoms with Crippen LogP contribution >= 0.6 is 0 Å². The summed E-state index contributed by atoms with van der Waals surface area (Å²) in [5.41, 5.74) is 0.257. The molecule has 0 spiro atoms. The Balaban J connectivity index is 2.17. The lowest BCUT2D eigenvalue weighted by Gasteiger charge is -2.21. The highest BCUT2D eigenvalue weighted by molar-refractivity contribution is 5.99. The van der Waals surface area contributed by atoms with Crippen molar-refractivity contribution < 1.29 is 23.9 Å². The summed E-state index contributed by atoms with van der Waals surface area (Å²) in [5, 5.41) is 5.45. The first-order valence-corrected chi connectivity index (χ1v) is 10.5. The van der Waals surface area contributed by atoms with Crippen LogP contribution in [0.2, 0.25) is 0 Å². The van der Waals surface area contributed by atoms with Crippen molar-refractivity contribution in [3.05, 3.63) is 65.2 Å². The summed E-state index contributed by atoms with van der Waals surface area (Å²) in [5.74, 6) is -1.20. The Morgan fingerprint density at radius 1 is 0.781 bits per heavy atom. The van der Waals surface area contributed by atoms with Crippen LogP contribution < -0.4 is 10.6 Å². The van der Waals surface area contributed by atoms with Crippen LogP contribution in [0.3, 0.4) is 0 Å². The van der Waals surface area contributed by atoms with Crippen molar-refractivity contribution in [3.63, 3.8) is 0 Å². The normalized spacial score (nSPS) is 11.4. The molecule has 2 aromatic carbocycles. The van der Waals surface area contributed by atoms with Crippen LogP contribution in [0.25, 0.3) is 0 Å². The van der Waals surface area contributed by atoms with E-state index in [1.807, 2.05) is 30.3 Å². The van der Waals surface area contributed by atoms with Crippen molar-refractivity contribution in [3.8, 4) is 0 Å². The number of amides is 2. The maximum atomic E-state index is 12.6. The molecule has 7 heteroatoms. The number of anilines is 1. The molecule has 0 aromatic heterocycles. The maximum Gasteiger partial charge on any atom is 0.338 e. The Labute approximate surface area is 189 Å². The Bertz CT molecular complexity index is 910. The van der Waals surface area contributed by atoms with Gasteiger partial charge in [-0.15, -0.1) is 0 Å². The van der Waals surface area contributed by atoms with Crippen molar-refractivity contribution in [2.24, 2.45) is 0 Å². The van der Waals surface area contributed by atoms with E-state index in [4.69, 9.17) is 9.47 Å². The summed E-state index contributed by atoms with van der Waals surface area (Å²) in [6.45, 7) is 10.9. The number of nitrogens with one attached hydrogen (secondary N) is 2. The van der Waals surface area contributed by atoms with Gasteiger partial charge in [-0.3, -0.25) is 0 Å². The van der Waals surface area contributed by atoms with Crippen LogP contribution in [0, 0.1) is 0 Å². The highest BCUT2D eigenvalue weighted by Gasteiger charge is 2.23. The highest BCUT2D eigenvalue weighted by Crippen LogP contribution is 2.21. The van der Waals surface area contributed by atoms with Crippen molar-refractivity contribution in [1.29, 1.82) is 0 Å². The molecule has 2 rings (SSSR count). The van der Waals surface area contributed by atoms with E-state index in [0.29, 0.717) is 13.0 Å². The fourth-order valence-corrected chi connectivity index (χ4v) is 2.75. The van der Waals surface area contributed by atoms with Gasteiger partial charge in [0.05, 0.1) is 11.1 Å². The molecule has 2 amide bonds. The smallest absolute Gasteiger partial charge is 0.338 e. The third-order valence-corrected chi connectivity index (χ3v) is 4.00. The van der Waals surface area contributed by atoms with Crippen LogP contribution in [-0.2, 0) is 15.9 Å². The average molecular weight is 441 g/mol. The van der Waals surface area contributed by atoms with Gasteiger partial charge in [0.15, 0.2) is 0 Å². The molecule has 0 heterocycles. The minimum atomic E-state index is -0.707. The molecule has 0 aliphatic carbocycles. The zero-order valence-corrected chi connectivity index (χ0v) is 19.6. The topological polar surface area (TPSA) is 93.7 Å². The van der Waals surface area contributed by atoms with Crippen molar-refractivity contribution in [2.45, 2.75) is 59.2 Å². The Kier molecular flexibility index (Phi) is 8.02. The van der Waals surface area contributed by atoms with Gasteiger partial charge in [-0.05, 0) is 71.7 Å². The first-order valence-electron chi connectivity index (χ1n) is 10.5. The molecule has 2 aromatic rings. The largest absolute Gasteiger partial charge is 0.456 e. The van der Waals surface area contributed by atoms with Gasteiger partial charge in [0.1, 0.15) is 11.2 Å². The Morgan fingerprint density at radius 2 is 1.28 bits per heavy atom. The van der Waals surface area contributed by atoms with E-state index in [1.54, 1.807) is 41.5 Å². The fourth-order valence-electron chi connectivity index (χ4n) is 2.75. The number of esters is 2. The van der Waals surface area contributed by atoms with Crippen LogP contribution in [0.4, 0.5) is 10.5 Å². The summed E-state index contributed by atoms with van der Waals surface area (Å²) in [7, 11) is 0. The standard InChI is InChI=1S/C25H32N2O5/c1-24(2,3)31-21(28)18-14-19(22(29)32-25(4,5)6)16-20(15-18)27-23(30)26-13-12-17-10-8-7-9-11-17/h7-11,14-16H,12-13H2,1-6H3,(H2,26,27,30). The van der Waals surface area contributed by atoms with E-state index in [2.05, 4.69) is 10.6 Å². The van der Waals surface area contributed by atoms with Gasteiger partial charge in [-0.25, -0.2) is 14.4 Å². The van der Waals surface area contributed by atoms with Gasteiger partial charge in [-0.2, -0.15) is 0 Å². The van der Waals surface area contributed by atoms with Crippen LogP contribution in [0.5, 0.6) is 0 Å². The second-order valence-corrected chi connectivity index (χ2v) is 9.42. The molecular weight excluding hydrogens is 408 g/mol. The van der Waals surface area contributed by atoms with E-state index < -0.39 is 29.2 Å². The summed E-state index contributed by atoms with van der Waals surface area (Å²) in [6, 6.07) is 13.7. The second kappa shape index (κ2) is 10.3. The zero-order chi connectivity index (χ0) is 23.9. The number of carbonyl (C=O) groups is 3. The summed E-state index contributed by atoms with van der Waals surface area (Å²) in [4.78, 5) is 37.5. The zero-order valence-electron chi connectivity index (χ0n) is 19.6. The molecule has 0 radical (unpaired) electrons. The predicted octanol–water partition coefficient (Wildman–Crippen LogP) is 4.96. The number of benzene rings is 2. The fraction of sp³-hybridized carbons (Fsp3) is 0.400. The third-order valence-electron chi connectivity index (χ3n) is 4.00. The molecule has 0 fully saturated rings. The second-order valence-electron chi connectivity index (χ2n) is 9.42. The first kappa shape index (κ1) is 24.9. The molecule has 172 valence electrons. The molecule has 0 saturated heterocycles. The van der Waals surface area contributed by atoms with Crippen LogP contribution in [0.15, 0.2) is 48.5 Å². The van der Waals surface area contributed by atoms with E-state index in [-0.39, 0.29) is 16.8 Å². The average Bonchev–Trinajstić information content (AvgIpc) is 2.66. The van der Waals surface area contributed by atoms with Gasteiger partial charge < -0.3 is 20.1 Å². The van der Waals surface area contributed by atoms with Crippen molar-refractivity contribution >= 4 is 23.7 Å². The molecular formula is C25H32N2O5. The quantitative estimate of drug-likeness (QED) is 0.619. The van der Waals surface area contributed by atoms with Crippen molar-refractivity contribution in [1.82, 2.24) is 5.32 Å². The first-order chi connectivity index (χ1) is 14.8. The van der Waals surface area contributed by atoms with Gasteiger partial charge in [0.2, 0.25) is 0 Å². The van der Waals surface area contributed by atoms with Gasteiger partial charge in [0, 0.05) is 12.2 Å². The lowest BCUT2D eigenvalue weighted by Crippen LogP contribution is -2.31. The molecule has 0 atom stereocenters. The number of hydrogen-bond acceptors (Lipinski definition) is 5. The molecule has 0 saturated carbocycles. The summed E-state index contributed by atoms with van der Waals surface area (Å²) < 4.78 is 10.8. The lowest BCUT2D eigenvalue weighted by molar-refractivity contribution is 0.00676. The summed E-state index contributed by atoms with van der Waals surface area (Å²) in [6.07, 6.45) is 0.676. The number of hydrogen-bond donors (Lipinski definition) is 2. The lowest BCUT2D eigenvalue weighted by atomic mass is 10.1. The monoisotopic (exact) mass is 440 g/mol. The molecule has 0 aliphatic heterocycles. The Morgan fingerprint density at radius 3 is 1.75 bits per heavy atom. The summed E-state index contributed by atoms with van der Waals surface area (Å²) >= 11 is 0. The minimum absolute atomic E-state index is 0.142. The van der Waals surface area contributed by atoms with E-state index in [9.17, 15) is 14.4 Å². The number of ether oxygens (including phenoxy) is 2. The number of rotatable bonds is 6. The van der Waals surface area contributed by atoms with E-state index >= 15 is 0 Å². The molecule has 2 N–H and O–H groups in total. The van der Waals surface area contributed by atoms with E-state index in [1.165, 1.54) is 18.2 Å². The predicted molar refractivity (Wildman–Crippen MR) is 124 cm³/mol. The molecule has 0 bridgehead atoms. The van der Waals surface area contributed by atoms with Gasteiger partial charge >= 0.3 is 18.0 Å². The molecule has 32 heavy (non-hydrogen) atoms. The number of carbonyl (C=O) groups excluding carboxylic acids is 3. The van der Waals surface area contributed by atoms with Crippen LogP contribution in [-0.4, -0.2) is 35.7 Å². The van der Waals surface area contributed by atoms with E-state index in [0.717, 1.165) is 5.56 Å². The maximum absolute atomic E-state index is 12.6. The minimum Gasteiger partial charge on any atom is -0.456 e. The third kappa shape index (κ3) is 8.79. The molecule has 0 aliphatic rings. The molecule has 7 nitrogen and oxygen atoms in total. The van der Waals surface area contributed by atoms with Gasteiger partial charge in [0.25, 0.3) is 0 Å². The van der Waals surface area contributed by atoms with Crippen molar-refractivity contribution in [2.75, 3.05) is 11.9 Å². The Hall–Kier alpha value is -3.35.